The zero-order valence-electron chi connectivity index (χ0n) is 63.6. The fraction of sp³-hybridized carbons (Fsp3) is 0.494. The number of para-hydroxylation sites is 1. The zero-order valence-corrected chi connectivity index (χ0v) is 63.6. The van der Waals surface area contributed by atoms with Crippen molar-refractivity contribution in [3.05, 3.63) is 178 Å². The summed E-state index contributed by atoms with van der Waals surface area (Å²) in [6.45, 7) is 14.5. The van der Waals surface area contributed by atoms with Gasteiger partial charge in [0.25, 0.3) is 11.8 Å². The van der Waals surface area contributed by atoms with Crippen LogP contribution < -0.4 is 39.4 Å². The van der Waals surface area contributed by atoms with Gasteiger partial charge in [0.05, 0.1) is 60.7 Å². The summed E-state index contributed by atoms with van der Waals surface area (Å²) in [7, 11) is 11.9. The Kier molecular flexibility index (Phi) is 18.8. The predicted molar refractivity (Wildman–Crippen MR) is 407 cm³/mol. The van der Waals surface area contributed by atoms with Gasteiger partial charge < -0.3 is 68.8 Å². The Balaban J connectivity index is 0.000000191. The first-order valence-electron chi connectivity index (χ1n) is 37.9. The quantitative estimate of drug-likeness (QED) is 0.0325. The molecule has 566 valence electrons. The number of H-pyrrole nitrogens is 1. The molecular weight excluding hydrogens is 1360 g/mol. The molecule has 16 rings (SSSR count). The molecule has 9 heterocycles. The monoisotopic (exact) mass is 1460 g/mol. The highest BCUT2D eigenvalue weighted by atomic mass is 16.6. The van der Waals surface area contributed by atoms with Crippen LogP contribution in [-0.2, 0) is 51.3 Å². The van der Waals surface area contributed by atoms with Gasteiger partial charge >= 0.3 is 17.9 Å². The number of aromatic nitrogens is 1. The predicted octanol–water partition coefficient (Wildman–Crippen LogP) is 8.97. The van der Waals surface area contributed by atoms with Crippen molar-refractivity contribution in [2.45, 2.75) is 143 Å². The molecule has 2 aliphatic carbocycles. The molecule has 2 spiro atoms. The number of likely N-dealkylation sites (N-methyl/N-ethyl adjacent to an activating group) is 2. The number of aromatic amines is 1. The van der Waals surface area contributed by atoms with E-state index in [1.54, 1.807) is 77.0 Å². The standard InChI is InChI=1S/C53H63N5O8.C32H39N3O6/c1-8-33-25-34-28-52(49(61)65-7,44-38(19-23-57(29-33)30-34)37-13-10-11-14-41(37)55-44)40-26-39-42(27-43(40)64-6)56(4)47-51(39)21-24-58-22-12-20-50(9-2,46(51)58)48(66-32(3)59)53(47,62)31-54-45(60)35-15-17-36(63-5)18-16-35;1-6-30-14-7-16-35-17-15-31(27(30)35)24-13-12-23(40-5)18-25(24)34(3)28(31)32(38,29(30)41-20(2)36)19-33-26(37)21-8-10-22(39-4)11-9-21/h10-18,20,25-27,34,46-48,55,62H,8-9,19,21-24,28-31H2,1-7H3,(H,54,60);7-14,18,27-29,38H,6,15-17,19H2,1-5H3,(H,33,37)/t34-,46?,47+,48+,50+,51+,52-,53-;27?,28-,29-,30-,31-,32+/m01/s1. The summed E-state index contributed by atoms with van der Waals surface area (Å²) in [4.78, 5) is 84.5. The smallest absolute Gasteiger partial charge is 0.322 e. The maximum absolute atomic E-state index is 15.5. The molecule has 2 bridgehead atoms. The molecule has 8 aliphatic heterocycles. The SMILES string of the molecule is CCC1=C[C@@H]2CN(CCc3c([nH]c4ccccc34)[C@@](C(=O)OC)(c3cc4c(cc3OC)N(C)[C@H]3[C@@](O)(CNC(=O)c5ccc(OC)cc5)[C@H](OC(C)=O)[C@]5(CC)C=CCN6CC[C@]43C65)C2)C1.CC[C@]12C=CCN3CC[C@@]4(c5ccc(OC)cc5N(C)[C@H]4[C@@](O)(CNC(=O)c4ccc(OC)cc4)[C@@H]1OC(C)=O)C32. The maximum atomic E-state index is 15.5. The first-order valence-corrected chi connectivity index (χ1v) is 37.9. The van der Waals surface area contributed by atoms with E-state index in [1.165, 1.54) is 26.5 Å². The van der Waals surface area contributed by atoms with Crippen molar-refractivity contribution in [3.8, 4) is 23.0 Å². The summed E-state index contributed by atoms with van der Waals surface area (Å²) >= 11 is 0. The lowest BCUT2D eigenvalue weighted by Crippen LogP contribution is -2.81. The van der Waals surface area contributed by atoms with Crippen LogP contribution in [0, 0.1) is 16.7 Å². The van der Waals surface area contributed by atoms with Gasteiger partial charge in [-0.25, -0.2) is 0 Å². The number of nitrogens with one attached hydrogen (secondary N) is 3. The van der Waals surface area contributed by atoms with Crippen molar-refractivity contribution in [2.24, 2.45) is 16.7 Å². The number of hydrogen-bond donors (Lipinski definition) is 5. The fourth-order valence-corrected chi connectivity index (χ4v) is 22.8. The number of aliphatic hydroxyl groups is 2. The van der Waals surface area contributed by atoms with Gasteiger partial charge in [-0.2, -0.15) is 0 Å². The average molecular weight is 1460 g/mol. The number of carbonyl (C=O) groups is 5. The number of anilines is 2. The molecule has 107 heavy (non-hydrogen) atoms. The number of benzene rings is 5. The van der Waals surface area contributed by atoms with Crippen molar-refractivity contribution in [1.82, 2.24) is 30.3 Å². The van der Waals surface area contributed by atoms with Gasteiger partial charge in [-0.15, -0.1) is 0 Å². The molecule has 1 aromatic heterocycles. The number of carbonyl (C=O) groups excluding carboxylic acids is 5. The molecule has 3 unspecified atom stereocenters. The van der Waals surface area contributed by atoms with Crippen LogP contribution in [0.15, 0.2) is 139 Å². The van der Waals surface area contributed by atoms with E-state index in [0.29, 0.717) is 66.2 Å². The lowest BCUT2D eigenvalue weighted by Gasteiger charge is -2.64. The number of ether oxygens (including phenoxy) is 7. The third-order valence-corrected chi connectivity index (χ3v) is 26.6. The summed E-state index contributed by atoms with van der Waals surface area (Å²) in [5, 5.41) is 34.3. The Morgan fingerprint density at radius 2 is 1.12 bits per heavy atom. The molecular formula is C85H102N8O14. The van der Waals surface area contributed by atoms with Gasteiger partial charge in [-0.3, -0.25) is 38.7 Å². The molecule has 10 aliphatic rings. The number of rotatable bonds is 17. The Bertz CT molecular complexity index is 4600. The van der Waals surface area contributed by atoms with E-state index in [2.05, 4.69) is 122 Å². The molecule has 22 nitrogen and oxygen atoms in total. The van der Waals surface area contributed by atoms with Crippen molar-refractivity contribution in [2.75, 3.05) is 118 Å². The van der Waals surface area contributed by atoms with Gasteiger partial charge in [-0.1, -0.05) is 81.0 Å². The van der Waals surface area contributed by atoms with E-state index in [0.717, 1.165) is 109 Å². The minimum Gasteiger partial charge on any atom is -0.497 e. The summed E-state index contributed by atoms with van der Waals surface area (Å²) in [6.07, 6.45) is 13.9. The Morgan fingerprint density at radius 3 is 1.63 bits per heavy atom. The van der Waals surface area contributed by atoms with E-state index < -0.39 is 74.5 Å². The molecule has 2 saturated carbocycles. The van der Waals surface area contributed by atoms with Gasteiger partial charge in [-0.05, 0) is 147 Å². The van der Waals surface area contributed by atoms with Gasteiger partial charge in [0.15, 0.2) is 0 Å². The minimum atomic E-state index is -1.82. The number of fused-ring (bicyclic) bond motifs is 7. The molecule has 4 fully saturated rings. The minimum absolute atomic E-state index is 0.00555. The Hall–Kier alpha value is -9.19. The van der Waals surface area contributed by atoms with E-state index in [1.807, 2.05) is 38.4 Å². The van der Waals surface area contributed by atoms with E-state index >= 15 is 4.79 Å². The normalized spacial score (nSPS) is 32.3. The summed E-state index contributed by atoms with van der Waals surface area (Å²) < 4.78 is 41.3. The van der Waals surface area contributed by atoms with Gasteiger partial charge in [0.2, 0.25) is 0 Å². The van der Waals surface area contributed by atoms with Crippen LogP contribution in [0.4, 0.5) is 11.4 Å². The highest BCUT2D eigenvalue weighted by molar-refractivity contribution is 5.96. The molecule has 5 aromatic carbocycles. The van der Waals surface area contributed by atoms with E-state index in [4.69, 9.17) is 33.2 Å². The van der Waals surface area contributed by atoms with Crippen molar-refractivity contribution in [1.29, 1.82) is 0 Å². The third kappa shape index (κ3) is 10.9. The van der Waals surface area contributed by atoms with Crippen LogP contribution in [0.3, 0.4) is 0 Å². The van der Waals surface area contributed by atoms with Crippen LogP contribution in [0.5, 0.6) is 23.0 Å². The first-order chi connectivity index (χ1) is 51.5. The lowest BCUT2D eigenvalue weighted by molar-refractivity contribution is -0.216. The zero-order chi connectivity index (χ0) is 75.5. The highest BCUT2D eigenvalue weighted by Crippen LogP contribution is 2.70. The van der Waals surface area contributed by atoms with Crippen molar-refractivity contribution < 1.29 is 67.3 Å². The number of nitrogens with zero attached hydrogens (tertiary/aromatic N) is 5. The molecule has 5 N–H and O–H groups in total. The molecule has 15 atom stereocenters. The third-order valence-electron chi connectivity index (χ3n) is 26.6. The fourth-order valence-electron chi connectivity index (χ4n) is 22.8. The molecule has 2 saturated heterocycles. The van der Waals surface area contributed by atoms with E-state index in [-0.39, 0.29) is 48.9 Å². The number of hydrogen-bond acceptors (Lipinski definition) is 19. The van der Waals surface area contributed by atoms with Crippen LogP contribution >= 0.6 is 0 Å². The Labute approximate surface area is 626 Å². The second-order valence-corrected chi connectivity index (χ2v) is 31.4. The van der Waals surface area contributed by atoms with Crippen LogP contribution in [0.1, 0.15) is 122 Å². The van der Waals surface area contributed by atoms with Gasteiger partial charge in [0.1, 0.15) is 51.8 Å². The summed E-state index contributed by atoms with van der Waals surface area (Å²) in [6, 6.07) is 31.0. The maximum Gasteiger partial charge on any atom is 0.322 e. The molecule has 0 radical (unpaired) electrons. The molecule has 22 heteroatoms. The lowest BCUT2D eigenvalue weighted by atomic mass is 9.47. The summed E-state index contributed by atoms with van der Waals surface area (Å²) in [5.74, 6) is 0.518. The highest BCUT2D eigenvalue weighted by Gasteiger charge is 2.80. The topological polar surface area (TPSA) is 246 Å². The second kappa shape index (κ2) is 27.5. The van der Waals surface area contributed by atoms with E-state index in [9.17, 15) is 29.4 Å². The van der Waals surface area contributed by atoms with Crippen LogP contribution in [0.2, 0.25) is 0 Å². The average Bonchev–Trinajstić information content (AvgIpc) is 1.51. The number of esters is 3. The molecule has 2 amide bonds. The van der Waals surface area contributed by atoms with Gasteiger partial charge in [0, 0.05) is 151 Å². The van der Waals surface area contributed by atoms with Crippen LogP contribution in [-0.4, -0.2) is 216 Å². The van der Waals surface area contributed by atoms with Crippen LogP contribution in [0.25, 0.3) is 10.9 Å². The summed E-state index contributed by atoms with van der Waals surface area (Å²) in [5.41, 5.74) is 2.21. The largest absolute Gasteiger partial charge is 0.497 e. The number of methoxy groups -OCH3 is 5. The second-order valence-electron chi connectivity index (χ2n) is 31.4. The van der Waals surface area contributed by atoms with Crippen molar-refractivity contribution >= 4 is 52.0 Å². The van der Waals surface area contributed by atoms with Crippen molar-refractivity contribution in [3.63, 3.8) is 0 Å². The molecule has 6 aromatic rings. The first kappa shape index (κ1) is 73.3. The Morgan fingerprint density at radius 1 is 0.598 bits per heavy atom. The number of amides is 2.